The third kappa shape index (κ3) is 3.35. The Labute approximate surface area is 125 Å². The van der Waals surface area contributed by atoms with Gasteiger partial charge in [-0.25, -0.2) is 4.98 Å². The summed E-state index contributed by atoms with van der Waals surface area (Å²) in [6.07, 6.45) is 1.63. The van der Waals surface area contributed by atoms with Gasteiger partial charge in [0, 0.05) is 11.6 Å². The summed E-state index contributed by atoms with van der Waals surface area (Å²) in [7, 11) is 0. The van der Waals surface area contributed by atoms with Crippen molar-refractivity contribution in [3.8, 4) is 11.3 Å². The highest BCUT2D eigenvalue weighted by molar-refractivity contribution is 5.59. The molecule has 0 saturated heterocycles. The van der Waals surface area contributed by atoms with Crippen molar-refractivity contribution in [2.24, 2.45) is 0 Å². The summed E-state index contributed by atoms with van der Waals surface area (Å²) in [6, 6.07) is 5.23. The fourth-order valence-corrected chi connectivity index (χ4v) is 2.59. The van der Waals surface area contributed by atoms with Crippen LogP contribution in [0.1, 0.15) is 31.2 Å². The van der Waals surface area contributed by atoms with Crippen LogP contribution in [-0.4, -0.2) is 21.2 Å². The summed E-state index contributed by atoms with van der Waals surface area (Å²) in [6.45, 7) is 0. The second-order valence-electron chi connectivity index (χ2n) is 5.37. The Morgan fingerprint density at radius 2 is 1.73 bits per heavy atom. The van der Waals surface area contributed by atoms with Crippen LogP contribution >= 0.6 is 0 Å². The van der Waals surface area contributed by atoms with Crippen molar-refractivity contribution in [3.63, 3.8) is 0 Å². The van der Waals surface area contributed by atoms with Gasteiger partial charge in [-0.15, -0.1) is 5.10 Å². The minimum Gasteiger partial charge on any atom is -0.350 e. The third-order valence-electron chi connectivity index (χ3n) is 3.76. The van der Waals surface area contributed by atoms with E-state index in [0.717, 1.165) is 25.0 Å². The van der Waals surface area contributed by atoms with E-state index >= 15 is 0 Å². The van der Waals surface area contributed by atoms with Gasteiger partial charge >= 0.3 is 6.18 Å². The highest BCUT2D eigenvalue weighted by Crippen LogP contribution is 2.30. The number of rotatable bonds is 3. The molecule has 0 radical (unpaired) electrons. The normalized spacial score (nSPS) is 16.0. The number of benzene rings is 1. The van der Waals surface area contributed by atoms with E-state index in [4.69, 9.17) is 0 Å². The molecule has 3 rings (SSSR count). The first-order valence-corrected chi connectivity index (χ1v) is 7.16. The first-order chi connectivity index (χ1) is 10.5. The minimum absolute atomic E-state index is 0.352. The van der Waals surface area contributed by atoms with Gasteiger partial charge in [0.2, 0.25) is 5.95 Å². The number of anilines is 1. The maximum absolute atomic E-state index is 12.6. The van der Waals surface area contributed by atoms with Gasteiger partial charge in [-0.3, -0.25) is 0 Å². The van der Waals surface area contributed by atoms with Crippen molar-refractivity contribution in [2.75, 3.05) is 5.32 Å². The number of hydrogen-bond acceptors (Lipinski definition) is 4. The second kappa shape index (κ2) is 5.90. The van der Waals surface area contributed by atoms with Crippen molar-refractivity contribution < 1.29 is 13.2 Å². The number of aromatic nitrogens is 3. The smallest absolute Gasteiger partial charge is 0.350 e. The predicted molar refractivity (Wildman–Crippen MR) is 76.1 cm³/mol. The molecule has 0 bridgehead atoms. The Kier molecular flexibility index (Phi) is 3.96. The molecule has 4 nitrogen and oxygen atoms in total. The largest absolute Gasteiger partial charge is 0.416 e. The lowest BCUT2D eigenvalue weighted by molar-refractivity contribution is -0.137. The summed E-state index contributed by atoms with van der Waals surface area (Å²) < 4.78 is 37.7. The van der Waals surface area contributed by atoms with E-state index in [-0.39, 0.29) is 0 Å². The van der Waals surface area contributed by atoms with Crippen LogP contribution in [0.15, 0.2) is 30.5 Å². The number of hydrogen-bond donors (Lipinski definition) is 1. The topological polar surface area (TPSA) is 50.7 Å². The molecule has 2 aromatic rings. The average molecular weight is 308 g/mol. The molecule has 0 atom stereocenters. The van der Waals surface area contributed by atoms with Gasteiger partial charge in [0.05, 0.1) is 17.5 Å². The zero-order valence-corrected chi connectivity index (χ0v) is 11.8. The molecule has 0 aliphatic heterocycles. The molecule has 1 aliphatic carbocycles. The molecular formula is C15H15F3N4. The molecule has 1 aliphatic rings. The lowest BCUT2D eigenvalue weighted by Crippen LogP contribution is -2.17. The molecule has 0 spiro atoms. The van der Waals surface area contributed by atoms with Crippen molar-refractivity contribution in [2.45, 2.75) is 37.9 Å². The zero-order chi connectivity index (χ0) is 15.6. The molecule has 1 aromatic carbocycles. The van der Waals surface area contributed by atoms with Crippen LogP contribution in [0.4, 0.5) is 19.1 Å². The van der Waals surface area contributed by atoms with E-state index in [1.165, 1.54) is 31.2 Å². The highest BCUT2D eigenvalue weighted by Gasteiger charge is 2.30. The van der Waals surface area contributed by atoms with Gasteiger partial charge in [-0.05, 0) is 25.0 Å². The second-order valence-corrected chi connectivity index (χ2v) is 5.37. The maximum atomic E-state index is 12.6. The average Bonchev–Trinajstić information content (AvgIpc) is 3.00. The summed E-state index contributed by atoms with van der Waals surface area (Å²) in [5, 5.41) is 11.0. The number of alkyl halides is 3. The molecular weight excluding hydrogens is 293 g/mol. The molecule has 1 heterocycles. The number of halogens is 3. The Balaban J connectivity index is 1.79. The summed E-state index contributed by atoms with van der Waals surface area (Å²) in [4.78, 5) is 4.33. The molecule has 0 unspecified atom stereocenters. The Bertz CT molecular complexity index is 634. The van der Waals surface area contributed by atoms with E-state index in [1.807, 2.05) is 0 Å². The van der Waals surface area contributed by atoms with Gasteiger partial charge in [-0.1, -0.05) is 25.0 Å². The third-order valence-corrected chi connectivity index (χ3v) is 3.76. The minimum atomic E-state index is -4.34. The first-order valence-electron chi connectivity index (χ1n) is 7.16. The summed E-state index contributed by atoms with van der Waals surface area (Å²) >= 11 is 0. The highest BCUT2D eigenvalue weighted by atomic mass is 19.4. The standard InChI is InChI=1S/C15H15F3N4/c16-15(17,18)11-7-5-10(6-8-11)13-9-19-22-14(21-13)20-12-3-1-2-4-12/h5-9,12H,1-4H2,(H,20,21,22). The molecule has 1 N–H and O–H groups in total. The van der Waals surface area contributed by atoms with Gasteiger partial charge in [-0.2, -0.15) is 18.3 Å². The number of nitrogens with one attached hydrogen (secondary N) is 1. The van der Waals surface area contributed by atoms with Crippen LogP contribution < -0.4 is 5.32 Å². The number of nitrogens with zero attached hydrogens (tertiary/aromatic N) is 3. The van der Waals surface area contributed by atoms with Gasteiger partial charge < -0.3 is 5.32 Å². The van der Waals surface area contributed by atoms with E-state index in [2.05, 4.69) is 20.5 Å². The Morgan fingerprint density at radius 3 is 2.36 bits per heavy atom. The lowest BCUT2D eigenvalue weighted by Gasteiger charge is -2.12. The monoisotopic (exact) mass is 308 g/mol. The van der Waals surface area contributed by atoms with Crippen molar-refractivity contribution >= 4 is 5.95 Å². The molecule has 1 saturated carbocycles. The quantitative estimate of drug-likeness (QED) is 0.934. The SMILES string of the molecule is FC(F)(F)c1ccc(-c2cnnc(NC3CCCC3)n2)cc1. The molecule has 1 aromatic heterocycles. The van der Waals surface area contributed by atoms with Crippen molar-refractivity contribution in [1.29, 1.82) is 0 Å². The van der Waals surface area contributed by atoms with Gasteiger partial charge in [0.25, 0.3) is 0 Å². The molecule has 0 amide bonds. The fourth-order valence-electron chi connectivity index (χ4n) is 2.59. The van der Waals surface area contributed by atoms with E-state index in [9.17, 15) is 13.2 Å². The van der Waals surface area contributed by atoms with E-state index < -0.39 is 11.7 Å². The van der Waals surface area contributed by atoms with Crippen LogP contribution in [0.2, 0.25) is 0 Å². The van der Waals surface area contributed by atoms with Crippen molar-refractivity contribution in [3.05, 3.63) is 36.0 Å². The Morgan fingerprint density at radius 1 is 1.05 bits per heavy atom. The predicted octanol–water partition coefficient (Wildman–Crippen LogP) is 3.91. The Hall–Kier alpha value is -2.18. The van der Waals surface area contributed by atoms with Crippen LogP contribution in [-0.2, 0) is 6.18 Å². The van der Waals surface area contributed by atoms with E-state index in [0.29, 0.717) is 23.2 Å². The zero-order valence-electron chi connectivity index (χ0n) is 11.8. The van der Waals surface area contributed by atoms with Gasteiger partial charge in [0.1, 0.15) is 0 Å². The van der Waals surface area contributed by atoms with Crippen molar-refractivity contribution in [1.82, 2.24) is 15.2 Å². The summed E-state index contributed by atoms with van der Waals surface area (Å²) in [5.74, 6) is 0.421. The van der Waals surface area contributed by atoms with Crippen LogP contribution in [0.5, 0.6) is 0 Å². The lowest BCUT2D eigenvalue weighted by atomic mass is 10.1. The summed E-state index contributed by atoms with van der Waals surface area (Å²) in [5.41, 5.74) is 0.407. The molecule has 7 heteroatoms. The maximum Gasteiger partial charge on any atom is 0.416 e. The van der Waals surface area contributed by atoms with Crippen LogP contribution in [0, 0.1) is 0 Å². The molecule has 1 fully saturated rings. The van der Waals surface area contributed by atoms with Gasteiger partial charge in [0.15, 0.2) is 0 Å². The fraction of sp³-hybridized carbons (Fsp3) is 0.400. The molecule has 22 heavy (non-hydrogen) atoms. The van der Waals surface area contributed by atoms with E-state index in [1.54, 1.807) is 0 Å². The molecule has 116 valence electrons. The van der Waals surface area contributed by atoms with Crippen LogP contribution in [0.25, 0.3) is 11.3 Å². The van der Waals surface area contributed by atoms with Crippen LogP contribution in [0.3, 0.4) is 0 Å². The first kappa shape index (κ1) is 14.7.